The summed E-state index contributed by atoms with van der Waals surface area (Å²) in [5.41, 5.74) is 3.00. The Bertz CT molecular complexity index is 803. The lowest BCUT2D eigenvalue weighted by atomic mass is 10.1. The second-order valence-corrected chi connectivity index (χ2v) is 5.83. The molecule has 2 rings (SSSR count). The molecule has 26 heavy (non-hydrogen) atoms. The van der Waals surface area contributed by atoms with Crippen molar-refractivity contribution in [3.63, 3.8) is 0 Å². The summed E-state index contributed by atoms with van der Waals surface area (Å²) in [7, 11) is 1.60. The number of hydrogen-bond acceptors (Lipinski definition) is 4. The second-order valence-electron chi connectivity index (χ2n) is 5.83. The van der Waals surface area contributed by atoms with Gasteiger partial charge in [0.15, 0.2) is 0 Å². The van der Waals surface area contributed by atoms with Crippen molar-refractivity contribution in [2.45, 2.75) is 26.3 Å². The summed E-state index contributed by atoms with van der Waals surface area (Å²) in [4.78, 5) is 12.3. The van der Waals surface area contributed by atoms with Crippen molar-refractivity contribution in [3.05, 3.63) is 71.4 Å². The number of nitrogens with one attached hydrogen (secondary N) is 2. The first-order valence-corrected chi connectivity index (χ1v) is 8.48. The largest absolute Gasteiger partial charge is 0.497 e. The average molecular weight is 349 g/mol. The maximum Gasteiger partial charge on any atom is 0.263 e. The molecule has 0 aliphatic carbocycles. The van der Waals surface area contributed by atoms with E-state index in [-0.39, 0.29) is 11.6 Å². The maximum atomic E-state index is 12.3. The van der Waals surface area contributed by atoms with Crippen LogP contribution < -0.4 is 15.4 Å². The van der Waals surface area contributed by atoms with Crippen LogP contribution in [0.3, 0.4) is 0 Å². The standard InChI is InChI=1S/C21H23N3O2/c1-4-16-5-9-19(10-6-16)23-14-18(13-22)21(25)24-15(2)17-7-11-20(26-3)12-8-17/h5-12,14-15,23H,4H2,1-3H3,(H,24,25)/b18-14-. The molecule has 134 valence electrons. The van der Waals surface area contributed by atoms with Gasteiger partial charge in [0.05, 0.1) is 13.2 Å². The highest BCUT2D eigenvalue weighted by Crippen LogP contribution is 2.17. The van der Waals surface area contributed by atoms with Crippen molar-refractivity contribution in [1.29, 1.82) is 5.26 Å². The number of carbonyl (C=O) groups excluding carboxylic acids is 1. The summed E-state index contributed by atoms with van der Waals surface area (Å²) in [5.74, 6) is 0.330. The van der Waals surface area contributed by atoms with Crippen LogP contribution in [0.4, 0.5) is 5.69 Å². The van der Waals surface area contributed by atoms with Gasteiger partial charge in [0, 0.05) is 11.9 Å². The highest BCUT2D eigenvalue weighted by molar-refractivity contribution is 5.97. The first kappa shape index (κ1) is 19.1. The SMILES string of the molecule is CCc1ccc(N/C=C(/C#N)C(=O)NC(C)c2ccc(OC)cc2)cc1. The molecule has 1 amide bonds. The number of benzene rings is 2. The minimum Gasteiger partial charge on any atom is -0.497 e. The lowest BCUT2D eigenvalue weighted by Crippen LogP contribution is -2.28. The molecule has 2 aromatic rings. The summed E-state index contributed by atoms with van der Waals surface area (Å²) in [6, 6.07) is 17.0. The Hall–Kier alpha value is -3.26. The molecule has 0 saturated heterocycles. The topological polar surface area (TPSA) is 74.2 Å². The third-order valence-corrected chi connectivity index (χ3v) is 4.07. The zero-order chi connectivity index (χ0) is 18.9. The van der Waals surface area contributed by atoms with Gasteiger partial charge in [-0.05, 0) is 48.7 Å². The summed E-state index contributed by atoms with van der Waals surface area (Å²) in [6.07, 6.45) is 2.39. The Morgan fingerprint density at radius 3 is 2.38 bits per heavy atom. The lowest BCUT2D eigenvalue weighted by Gasteiger charge is -2.14. The van der Waals surface area contributed by atoms with Crippen LogP contribution in [0.25, 0.3) is 0 Å². The van der Waals surface area contributed by atoms with Gasteiger partial charge in [0.25, 0.3) is 5.91 Å². The summed E-state index contributed by atoms with van der Waals surface area (Å²) < 4.78 is 5.13. The number of aryl methyl sites for hydroxylation is 1. The molecule has 0 bridgehead atoms. The van der Waals surface area contributed by atoms with Crippen molar-refractivity contribution in [1.82, 2.24) is 5.32 Å². The highest BCUT2D eigenvalue weighted by Gasteiger charge is 2.13. The number of nitrogens with zero attached hydrogens (tertiary/aromatic N) is 1. The Balaban J connectivity index is 2.01. The van der Waals surface area contributed by atoms with Crippen molar-refractivity contribution >= 4 is 11.6 Å². The third-order valence-electron chi connectivity index (χ3n) is 4.07. The second kappa shape index (κ2) is 9.28. The van der Waals surface area contributed by atoms with E-state index in [0.29, 0.717) is 0 Å². The number of amides is 1. The third kappa shape index (κ3) is 5.12. The monoisotopic (exact) mass is 349 g/mol. The Morgan fingerprint density at radius 1 is 1.19 bits per heavy atom. The van der Waals surface area contributed by atoms with Crippen molar-refractivity contribution in [2.75, 3.05) is 12.4 Å². The number of hydrogen-bond donors (Lipinski definition) is 2. The van der Waals surface area contributed by atoms with Gasteiger partial charge >= 0.3 is 0 Å². The molecule has 2 N–H and O–H groups in total. The number of ether oxygens (including phenoxy) is 1. The van der Waals surface area contributed by atoms with E-state index in [1.165, 1.54) is 11.8 Å². The van der Waals surface area contributed by atoms with E-state index in [2.05, 4.69) is 17.6 Å². The molecule has 0 spiro atoms. The molecular weight excluding hydrogens is 326 g/mol. The summed E-state index contributed by atoms with van der Waals surface area (Å²) >= 11 is 0. The van der Waals surface area contributed by atoms with Gasteiger partial charge in [0.1, 0.15) is 17.4 Å². The number of methoxy groups -OCH3 is 1. The molecule has 5 nitrogen and oxygen atoms in total. The van der Waals surface area contributed by atoms with Gasteiger partial charge in [-0.2, -0.15) is 5.26 Å². The molecule has 1 unspecified atom stereocenters. The van der Waals surface area contributed by atoms with Gasteiger partial charge in [-0.25, -0.2) is 0 Å². The van der Waals surface area contributed by atoms with Crippen LogP contribution in [0.5, 0.6) is 5.75 Å². The van der Waals surface area contributed by atoms with Gasteiger partial charge in [-0.3, -0.25) is 4.79 Å². The Morgan fingerprint density at radius 2 is 1.85 bits per heavy atom. The zero-order valence-corrected chi connectivity index (χ0v) is 15.2. The van der Waals surface area contributed by atoms with Gasteiger partial charge in [-0.1, -0.05) is 31.2 Å². The number of carbonyl (C=O) groups is 1. The molecule has 0 fully saturated rings. The van der Waals surface area contributed by atoms with Crippen LogP contribution in [0.15, 0.2) is 60.3 Å². The predicted octanol–water partition coefficient (Wildman–Crippen LogP) is 3.95. The number of anilines is 1. The van der Waals surface area contributed by atoms with E-state index >= 15 is 0 Å². The molecule has 0 aromatic heterocycles. The average Bonchev–Trinajstić information content (AvgIpc) is 2.69. The number of nitriles is 1. The van der Waals surface area contributed by atoms with Crippen LogP contribution in [0.1, 0.15) is 31.0 Å². The zero-order valence-electron chi connectivity index (χ0n) is 15.2. The quantitative estimate of drug-likeness (QED) is 0.586. The molecule has 2 aromatic carbocycles. The fraction of sp³-hybridized carbons (Fsp3) is 0.238. The fourth-order valence-electron chi connectivity index (χ4n) is 2.39. The fourth-order valence-corrected chi connectivity index (χ4v) is 2.39. The molecule has 0 saturated carbocycles. The van der Waals surface area contributed by atoms with Crippen molar-refractivity contribution in [2.24, 2.45) is 0 Å². The van der Waals surface area contributed by atoms with E-state index in [9.17, 15) is 10.1 Å². The van der Waals surface area contributed by atoms with Gasteiger partial charge in [-0.15, -0.1) is 0 Å². The minimum absolute atomic E-state index is 0.0185. The van der Waals surface area contributed by atoms with Gasteiger partial charge < -0.3 is 15.4 Å². The highest BCUT2D eigenvalue weighted by atomic mass is 16.5. The molecule has 0 aliphatic heterocycles. The minimum atomic E-state index is -0.423. The lowest BCUT2D eigenvalue weighted by molar-refractivity contribution is -0.117. The van der Waals surface area contributed by atoms with Crippen LogP contribution >= 0.6 is 0 Å². The first-order chi connectivity index (χ1) is 12.6. The van der Waals surface area contributed by atoms with Crippen LogP contribution in [-0.4, -0.2) is 13.0 Å². The van der Waals surface area contributed by atoms with Crippen LogP contribution in [0.2, 0.25) is 0 Å². The molecule has 5 heteroatoms. The Labute approximate surface area is 154 Å². The maximum absolute atomic E-state index is 12.3. The van der Waals surface area contributed by atoms with E-state index in [1.54, 1.807) is 7.11 Å². The van der Waals surface area contributed by atoms with Gasteiger partial charge in [0.2, 0.25) is 0 Å². The molecule has 0 radical (unpaired) electrons. The predicted molar refractivity (Wildman–Crippen MR) is 103 cm³/mol. The normalized spacial score (nSPS) is 12.0. The van der Waals surface area contributed by atoms with Crippen LogP contribution in [-0.2, 0) is 11.2 Å². The first-order valence-electron chi connectivity index (χ1n) is 8.48. The molecule has 0 heterocycles. The van der Waals surface area contributed by atoms with E-state index in [0.717, 1.165) is 23.4 Å². The Kier molecular flexibility index (Phi) is 6.81. The van der Waals surface area contributed by atoms with E-state index in [1.807, 2.05) is 61.5 Å². The molecule has 1 atom stereocenters. The summed E-state index contributed by atoms with van der Waals surface area (Å²) in [6.45, 7) is 3.95. The molecule has 0 aliphatic rings. The van der Waals surface area contributed by atoms with Crippen molar-refractivity contribution < 1.29 is 9.53 Å². The molecular formula is C21H23N3O2. The number of rotatable bonds is 7. The smallest absolute Gasteiger partial charge is 0.263 e. The summed E-state index contributed by atoms with van der Waals surface area (Å²) in [5, 5.41) is 15.1. The van der Waals surface area contributed by atoms with Crippen molar-refractivity contribution in [3.8, 4) is 11.8 Å². The van der Waals surface area contributed by atoms with E-state index in [4.69, 9.17) is 4.74 Å². The van der Waals surface area contributed by atoms with Crippen LogP contribution in [0, 0.1) is 11.3 Å². The van der Waals surface area contributed by atoms with E-state index < -0.39 is 5.91 Å².